The quantitative estimate of drug-likeness (QED) is 0.825. The van der Waals surface area contributed by atoms with Gasteiger partial charge in [0.25, 0.3) is 0 Å². The molecular formula is C12H19N3O. The van der Waals surface area contributed by atoms with Crippen molar-refractivity contribution in [2.24, 2.45) is 0 Å². The SMILES string of the molecule is CC1OCCC1n1cncc1[C@@H]1CCCN1. The molecule has 1 aromatic heterocycles. The van der Waals surface area contributed by atoms with Crippen molar-refractivity contribution in [3.63, 3.8) is 0 Å². The van der Waals surface area contributed by atoms with Crippen molar-refractivity contribution in [1.82, 2.24) is 14.9 Å². The second-order valence-electron chi connectivity index (χ2n) is 4.81. The topological polar surface area (TPSA) is 39.1 Å². The molecule has 4 heteroatoms. The molecule has 16 heavy (non-hydrogen) atoms. The molecule has 2 aliphatic rings. The Morgan fingerprint density at radius 3 is 3.12 bits per heavy atom. The molecule has 2 aliphatic heterocycles. The van der Waals surface area contributed by atoms with E-state index in [1.165, 1.54) is 18.5 Å². The van der Waals surface area contributed by atoms with Crippen LogP contribution in [0.5, 0.6) is 0 Å². The number of nitrogens with one attached hydrogen (secondary N) is 1. The summed E-state index contributed by atoms with van der Waals surface area (Å²) in [5.74, 6) is 0. The van der Waals surface area contributed by atoms with Crippen molar-refractivity contribution in [1.29, 1.82) is 0 Å². The molecule has 2 unspecified atom stereocenters. The fourth-order valence-electron chi connectivity index (χ4n) is 2.88. The van der Waals surface area contributed by atoms with E-state index in [2.05, 4.69) is 21.8 Å². The number of nitrogens with zero attached hydrogens (tertiary/aromatic N) is 2. The lowest BCUT2D eigenvalue weighted by molar-refractivity contribution is 0.107. The number of hydrogen-bond donors (Lipinski definition) is 1. The molecular weight excluding hydrogens is 202 g/mol. The molecule has 3 heterocycles. The predicted molar refractivity (Wildman–Crippen MR) is 61.3 cm³/mol. The van der Waals surface area contributed by atoms with Crippen molar-refractivity contribution in [2.75, 3.05) is 13.2 Å². The van der Waals surface area contributed by atoms with E-state index in [0.717, 1.165) is 19.6 Å². The molecule has 0 spiro atoms. The Balaban J connectivity index is 1.86. The minimum atomic E-state index is 0.314. The molecule has 2 saturated heterocycles. The normalized spacial score (nSPS) is 34.7. The Bertz CT molecular complexity index is 357. The van der Waals surface area contributed by atoms with Gasteiger partial charge < -0.3 is 14.6 Å². The lowest BCUT2D eigenvalue weighted by atomic mass is 10.1. The zero-order valence-electron chi connectivity index (χ0n) is 9.72. The van der Waals surface area contributed by atoms with E-state index in [-0.39, 0.29) is 0 Å². The highest BCUT2D eigenvalue weighted by atomic mass is 16.5. The van der Waals surface area contributed by atoms with E-state index >= 15 is 0 Å². The van der Waals surface area contributed by atoms with Gasteiger partial charge in [0, 0.05) is 18.8 Å². The van der Waals surface area contributed by atoms with Gasteiger partial charge in [0.15, 0.2) is 0 Å². The maximum absolute atomic E-state index is 5.64. The van der Waals surface area contributed by atoms with Gasteiger partial charge in [0.1, 0.15) is 0 Å². The van der Waals surface area contributed by atoms with Crippen LogP contribution in [0.15, 0.2) is 12.5 Å². The van der Waals surface area contributed by atoms with Crippen LogP contribution in [-0.2, 0) is 4.74 Å². The van der Waals surface area contributed by atoms with Crippen LogP contribution >= 0.6 is 0 Å². The van der Waals surface area contributed by atoms with E-state index in [4.69, 9.17) is 4.74 Å². The summed E-state index contributed by atoms with van der Waals surface area (Å²) in [4.78, 5) is 4.31. The minimum Gasteiger partial charge on any atom is -0.376 e. The summed E-state index contributed by atoms with van der Waals surface area (Å²) < 4.78 is 7.96. The maximum atomic E-state index is 5.64. The molecule has 0 saturated carbocycles. The van der Waals surface area contributed by atoms with E-state index in [0.29, 0.717) is 18.2 Å². The predicted octanol–water partition coefficient (Wildman–Crippen LogP) is 1.66. The summed E-state index contributed by atoms with van der Waals surface area (Å²) in [6.07, 6.45) is 7.89. The first-order chi connectivity index (χ1) is 7.86. The van der Waals surface area contributed by atoms with Crippen molar-refractivity contribution < 1.29 is 4.74 Å². The third-order valence-corrected chi connectivity index (χ3v) is 3.81. The van der Waals surface area contributed by atoms with Gasteiger partial charge in [-0.1, -0.05) is 0 Å². The summed E-state index contributed by atoms with van der Waals surface area (Å²) in [5.41, 5.74) is 1.33. The largest absolute Gasteiger partial charge is 0.376 e. The average molecular weight is 221 g/mol. The van der Waals surface area contributed by atoms with Crippen LogP contribution in [0.3, 0.4) is 0 Å². The zero-order valence-corrected chi connectivity index (χ0v) is 9.72. The highest BCUT2D eigenvalue weighted by molar-refractivity contribution is 5.09. The first-order valence-corrected chi connectivity index (χ1v) is 6.23. The molecule has 0 aromatic carbocycles. The summed E-state index contributed by atoms with van der Waals surface area (Å²) in [7, 11) is 0. The van der Waals surface area contributed by atoms with Crippen LogP contribution < -0.4 is 5.32 Å². The van der Waals surface area contributed by atoms with E-state index in [1.807, 2.05) is 12.5 Å². The highest BCUT2D eigenvalue weighted by Crippen LogP contribution is 2.31. The number of aromatic nitrogens is 2. The lowest BCUT2D eigenvalue weighted by Crippen LogP contribution is -2.22. The molecule has 88 valence electrons. The fraction of sp³-hybridized carbons (Fsp3) is 0.750. The molecule has 1 aromatic rings. The first-order valence-electron chi connectivity index (χ1n) is 6.23. The fourth-order valence-corrected chi connectivity index (χ4v) is 2.88. The molecule has 0 aliphatic carbocycles. The van der Waals surface area contributed by atoms with Crippen molar-refractivity contribution in [2.45, 2.75) is 44.4 Å². The molecule has 1 N–H and O–H groups in total. The summed E-state index contributed by atoms with van der Waals surface area (Å²) in [6, 6.07) is 0.968. The second-order valence-corrected chi connectivity index (χ2v) is 4.81. The number of rotatable bonds is 2. The van der Waals surface area contributed by atoms with Gasteiger partial charge in [-0.3, -0.25) is 0 Å². The van der Waals surface area contributed by atoms with Gasteiger partial charge in [-0.25, -0.2) is 4.98 Å². The molecule has 3 rings (SSSR count). The Hall–Kier alpha value is -0.870. The molecule has 2 fully saturated rings. The van der Waals surface area contributed by atoms with Crippen LogP contribution in [-0.4, -0.2) is 28.8 Å². The Morgan fingerprint density at radius 2 is 2.44 bits per heavy atom. The summed E-state index contributed by atoms with van der Waals surface area (Å²) in [5, 5.41) is 3.54. The van der Waals surface area contributed by atoms with Crippen LogP contribution in [0.25, 0.3) is 0 Å². The van der Waals surface area contributed by atoms with Gasteiger partial charge in [0.2, 0.25) is 0 Å². The highest BCUT2D eigenvalue weighted by Gasteiger charge is 2.29. The van der Waals surface area contributed by atoms with Crippen LogP contribution in [0.4, 0.5) is 0 Å². The average Bonchev–Trinajstić information content (AvgIpc) is 2.95. The van der Waals surface area contributed by atoms with Crippen molar-refractivity contribution in [3.05, 3.63) is 18.2 Å². The molecule has 0 bridgehead atoms. The Kier molecular flexibility index (Phi) is 2.69. The van der Waals surface area contributed by atoms with Gasteiger partial charge in [0.05, 0.1) is 24.2 Å². The van der Waals surface area contributed by atoms with Crippen molar-refractivity contribution in [3.8, 4) is 0 Å². The van der Waals surface area contributed by atoms with Crippen molar-refractivity contribution >= 4 is 0 Å². The molecule has 0 radical (unpaired) electrons. The van der Waals surface area contributed by atoms with E-state index in [9.17, 15) is 0 Å². The third-order valence-electron chi connectivity index (χ3n) is 3.81. The minimum absolute atomic E-state index is 0.314. The number of imidazole rings is 1. The van der Waals surface area contributed by atoms with Gasteiger partial charge >= 0.3 is 0 Å². The smallest absolute Gasteiger partial charge is 0.0952 e. The van der Waals surface area contributed by atoms with Gasteiger partial charge in [-0.15, -0.1) is 0 Å². The Morgan fingerprint density at radius 1 is 1.50 bits per heavy atom. The Labute approximate surface area is 96.0 Å². The molecule has 0 amide bonds. The van der Waals surface area contributed by atoms with Crippen LogP contribution in [0.1, 0.15) is 44.0 Å². The van der Waals surface area contributed by atoms with Crippen LogP contribution in [0, 0.1) is 0 Å². The third kappa shape index (κ3) is 1.66. The van der Waals surface area contributed by atoms with Crippen LogP contribution in [0.2, 0.25) is 0 Å². The monoisotopic (exact) mass is 221 g/mol. The van der Waals surface area contributed by atoms with Gasteiger partial charge in [-0.05, 0) is 32.7 Å². The van der Waals surface area contributed by atoms with E-state index in [1.54, 1.807) is 0 Å². The first kappa shape index (κ1) is 10.3. The number of ether oxygens (including phenoxy) is 1. The standard InChI is InChI=1S/C12H19N3O/c1-9-11(4-6-16-9)15-8-13-7-12(15)10-3-2-5-14-10/h7-11,14H,2-6H2,1H3/t9?,10-,11?/m0/s1. The van der Waals surface area contributed by atoms with Gasteiger partial charge in [-0.2, -0.15) is 0 Å². The molecule has 4 nitrogen and oxygen atoms in total. The zero-order chi connectivity index (χ0) is 11.0. The van der Waals surface area contributed by atoms with E-state index < -0.39 is 0 Å². The maximum Gasteiger partial charge on any atom is 0.0952 e. The summed E-state index contributed by atoms with van der Waals surface area (Å²) >= 11 is 0. The lowest BCUT2D eigenvalue weighted by Gasteiger charge is -2.21. The number of hydrogen-bond acceptors (Lipinski definition) is 3. The molecule has 3 atom stereocenters. The summed E-state index contributed by atoms with van der Waals surface area (Å²) in [6.45, 7) is 4.16. The second kappa shape index (κ2) is 4.18.